The van der Waals surface area contributed by atoms with Crippen LogP contribution in [0.3, 0.4) is 0 Å². The summed E-state index contributed by atoms with van der Waals surface area (Å²) in [5, 5.41) is 2.38. The van der Waals surface area contributed by atoms with Gasteiger partial charge in [0, 0.05) is 23.9 Å². The van der Waals surface area contributed by atoms with Gasteiger partial charge in [-0.1, -0.05) is 27.2 Å². The molecule has 0 atom stereocenters. The number of allylic oxidation sites excluding steroid dienone is 1. The molecule has 1 aliphatic rings. The highest BCUT2D eigenvalue weighted by atomic mass is 79.9. The van der Waals surface area contributed by atoms with Crippen LogP contribution in [0.15, 0.2) is 33.4 Å². The number of nitrogens with zero attached hydrogens (tertiary/aromatic N) is 1. The van der Waals surface area contributed by atoms with Crippen molar-refractivity contribution in [1.82, 2.24) is 5.32 Å². The van der Waals surface area contributed by atoms with Crippen LogP contribution in [0.5, 0.6) is 5.75 Å². The Bertz CT molecular complexity index is 770. The lowest BCUT2D eigenvalue weighted by Gasteiger charge is -2.15. The number of carbonyl (C=O) groups is 1. The maximum atomic E-state index is 12.8. The molecule has 0 spiro atoms. The number of amides is 1. The monoisotopic (exact) mass is 476 g/mol. The van der Waals surface area contributed by atoms with E-state index in [0.29, 0.717) is 16.2 Å². The van der Waals surface area contributed by atoms with Gasteiger partial charge < -0.3 is 10.1 Å². The molecule has 8 heteroatoms. The molecule has 0 heterocycles. The molecule has 0 bridgehead atoms. The molecule has 1 N–H and O–H groups in total. The van der Waals surface area contributed by atoms with E-state index in [1.54, 1.807) is 6.92 Å². The van der Waals surface area contributed by atoms with E-state index in [2.05, 4.69) is 37.9 Å². The van der Waals surface area contributed by atoms with E-state index in [0.717, 1.165) is 31.7 Å². The number of rotatable bonds is 7. The fraction of sp³-hybridized carbons (Fsp3) is 0.524. The maximum absolute atomic E-state index is 12.8. The van der Waals surface area contributed by atoms with E-state index in [1.165, 1.54) is 24.8 Å². The van der Waals surface area contributed by atoms with Gasteiger partial charge in [-0.15, -0.1) is 13.2 Å². The number of hydrogen-bond donors (Lipinski definition) is 1. The van der Waals surface area contributed by atoms with Crippen molar-refractivity contribution in [2.24, 2.45) is 10.9 Å². The summed E-state index contributed by atoms with van der Waals surface area (Å²) in [6.45, 7) is 7.70. The Kier molecular flexibility index (Phi) is 9.89. The molecule has 0 aliphatic heterocycles. The minimum absolute atomic E-state index is 0.0764. The van der Waals surface area contributed by atoms with E-state index in [-0.39, 0.29) is 11.1 Å². The first kappa shape index (κ1) is 25.2. The Morgan fingerprint density at radius 3 is 2.41 bits per heavy atom. The number of nitrogens with one attached hydrogen (secondary N) is 1. The van der Waals surface area contributed by atoms with Crippen molar-refractivity contribution >= 4 is 27.5 Å². The molecule has 162 valence electrons. The number of benzene rings is 1. The number of carbonyl (C=O) groups excluding carboxylic acids is 1. The number of aliphatic imine (C=N–C) groups is 1. The summed E-state index contributed by atoms with van der Waals surface area (Å²) in [5.41, 5.74) is 1.83. The van der Waals surface area contributed by atoms with Gasteiger partial charge in [0.05, 0.1) is 0 Å². The zero-order valence-corrected chi connectivity index (χ0v) is 19.0. The third kappa shape index (κ3) is 7.84. The van der Waals surface area contributed by atoms with Crippen molar-refractivity contribution in [3.8, 4) is 5.75 Å². The Balaban J connectivity index is 0.00000204. The fourth-order valence-electron chi connectivity index (χ4n) is 2.77. The predicted octanol–water partition coefficient (Wildman–Crippen LogP) is 6.60. The minimum Gasteiger partial charge on any atom is -0.405 e. The standard InChI is InChI=1S/C19H22BrF3N2O2.C2H6/c1-4-5-15(12-6-7-12)17(20)25-11(2)14-9-8-13(18(26)24-3)10-16(14)27-19(21,22)23;1-2/h8-10,12H,4-7H2,1-3H3,(H,24,26);1-2H3/b17-15+,25-11+;. The van der Waals surface area contributed by atoms with Crippen LogP contribution in [-0.2, 0) is 0 Å². The normalized spacial score (nSPS) is 15.1. The minimum atomic E-state index is -4.87. The van der Waals surface area contributed by atoms with Crippen molar-refractivity contribution in [3.63, 3.8) is 0 Å². The van der Waals surface area contributed by atoms with Crippen LogP contribution >= 0.6 is 15.9 Å². The lowest BCUT2D eigenvalue weighted by molar-refractivity contribution is -0.274. The van der Waals surface area contributed by atoms with E-state index in [1.807, 2.05) is 13.8 Å². The van der Waals surface area contributed by atoms with E-state index >= 15 is 0 Å². The van der Waals surface area contributed by atoms with Crippen molar-refractivity contribution in [3.05, 3.63) is 39.5 Å². The Hall–Kier alpha value is -1.83. The van der Waals surface area contributed by atoms with Crippen LogP contribution in [0.1, 0.15) is 69.3 Å². The second-order valence-electron chi connectivity index (χ2n) is 6.38. The van der Waals surface area contributed by atoms with Crippen LogP contribution in [0.4, 0.5) is 13.2 Å². The Morgan fingerprint density at radius 2 is 1.93 bits per heavy atom. The lowest BCUT2D eigenvalue weighted by atomic mass is 10.1. The number of ether oxygens (including phenoxy) is 1. The molecule has 0 saturated heterocycles. The van der Waals surface area contributed by atoms with Crippen molar-refractivity contribution in [2.45, 2.75) is 59.7 Å². The van der Waals surface area contributed by atoms with E-state index in [9.17, 15) is 18.0 Å². The average molecular weight is 477 g/mol. The summed E-state index contributed by atoms with van der Waals surface area (Å²) < 4.78 is 43.3. The topological polar surface area (TPSA) is 50.7 Å². The molecule has 4 nitrogen and oxygen atoms in total. The predicted molar refractivity (Wildman–Crippen MR) is 114 cm³/mol. The lowest BCUT2D eigenvalue weighted by Crippen LogP contribution is -2.21. The second-order valence-corrected chi connectivity index (χ2v) is 7.13. The van der Waals surface area contributed by atoms with Crippen molar-refractivity contribution in [1.29, 1.82) is 0 Å². The molecule has 1 fully saturated rings. The highest BCUT2D eigenvalue weighted by Crippen LogP contribution is 2.42. The first-order chi connectivity index (χ1) is 13.7. The summed E-state index contributed by atoms with van der Waals surface area (Å²) in [5.74, 6) is -0.450. The molecule has 1 saturated carbocycles. The summed E-state index contributed by atoms with van der Waals surface area (Å²) >= 11 is 3.48. The zero-order valence-electron chi connectivity index (χ0n) is 17.4. The maximum Gasteiger partial charge on any atom is 0.573 e. The molecule has 29 heavy (non-hydrogen) atoms. The van der Waals surface area contributed by atoms with Crippen molar-refractivity contribution in [2.75, 3.05) is 7.05 Å². The zero-order chi connectivity index (χ0) is 22.2. The van der Waals surface area contributed by atoms with Gasteiger partial charge >= 0.3 is 6.36 Å². The number of hydrogen-bond acceptors (Lipinski definition) is 3. The van der Waals surface area contributed by atoms with Gasteiger partial charge in [0.15, 0.2) is 0 Å². The third-order valence-corrected chi connectivity index (χ3v) is 4.89. The van der Waals surface area contributed by atoms with Crippen LogP contribution in [0, 0.1) is 5.92 Å². The van der Waals surface area contributed by atoms with E-state index < -0.39 is 18.0 Å². The van der Waals surface area contributed by atoms with Crippen LogP contribution in [0.25, 0.3) is 0 Å². The molecule has 1 aromatic carbocycles. The summed E-state index contributed by atoms with van der Waals surface area (Å²) in [7, 11) is 1.41. The second kappa shape index (κ2) is 11.4. The average Bonchev–Trinajstić information content (AvgIpc) is 3.50. The molecule has 0 unspecified atom stereocenters. The van der Waals surface area contributed by atoms with Gasteiger partial charge in [0.25, 0.3) is 5.91 Å². The molecular formula is C21H28BrF3N2O2. The molecular weight excluding hydrogens is 449 g/mol. The number of halogens is 4. The van der Waals surface area contributed by atoms with Gasteiger partial charge in [-0.05, 0) is 71.8 Å². The molecule has 0 aromatic heterocycles. The Morgan fingerprint density at radius 1 is 1.31 bits per heavy atom. The first-order valence-electron chi connectivity index (χ1n) is 9.72. The molecule has 1 aliphatic carbocycles. The summed E-state index contributed by atoms with van der Waals surface area (Å²) in [4.78, 5) is 16.2. The van der Waals surface area contributed by atoms with Gasteiger partial charge in [0.1, 0.15) is 10.4 Å². The largest absolute Gasteiger partial charge is 0.573 e. The quantitative estimate of drug-likeness (QED) is 0.356. The molecule has 2 rings (SSSR count). The highest BCUT2D eigenvalue weighted by Gasteiger charge is 2.33. The van der Waals surface area contributed by atoms with Crippen LogP contribution in [0.2, 0.25) is 0 Å². The molecule has 1 amide bonds. The SMILES string of the molecule is CC.CCC/C(=C(Br)\N=C(/C)c1ccc(C(=O)NC)cc1OC(F)(F)F)C1CC1. The summed E-state index contributed by atoms with van der Waals surface area (Å²) in [6, 6.07) is 3.94. The molecule has 0 radical (unpaired) electrons. The summed E-state index contributed by atoms with van der Waals surface area (Å²) in [6.07, 6.45) is -0.780. The van der Waals surface area contributed by atoms with Gasteiger partial charge in [0.2, 0.25) is 0 Å². The van der Waals surface area contributed by atoms with Gasteiger partial charge in [-0.25, -0.2) is 4.99 Å². The number of alkyl halides is 3. The van der Waals surface area contributed by atoms with Crippen LogP contribution < -0.4 is 10.1 Å². The fourth-order valence-corrected chi connectivity index (χ4v) is 3.56. The third-order valence-electron chi connectivity index (χ3n) is 4.21. The first-order valence-corrected chi connectivity index (χ1v) is 10.5. The van der Waals surface area contributed by atoms with Gasteiger partial charge in [-0.3, -0.25) is 4.79 Å². The Labute approximate surface area is 178 Å². The molecule has 1 aromatic rings. The highest BCUT2D eigenvalue weighted by molar-refractivity contribution is 9.11. The van der Waals surface area contributed by atoms with Crippen LogP contribution in [-0.4, -0.2) is 25.0 Å². The van der Waals surface area contributed by atoms with E-state index in [4.69, 9.17) is 0 Å². The van der Waals surface area contributed by atoms with Crippen molar-refractivity contribution < 1.29 is 22.7 Å². The smallest absolute Gasteiger partial charge is 0.405 e. The van der Waals surface area contributed by atoms with Gasteiger partial charge in [-0.2, -0.15) is 0 Å².